The smallest absolute Gasteiger partial charge is 0.137 e. The molecule has 1 atom stereocenters. The van der Waals surface area contributed by atoms with Crippen LogP contribution in [0.2, 0.25) is 0 Å². The molecule has 0 spiro atoms. The number of imidazole rings is 1. The molecule has 1 aromatic carbocycles. The van der Waals surface area contributed by atoms with Gasteiger partial charge in [0.25, 0.3) is 0 Å². The molecule has 0 fully saturated rings. The second-order valence-corrected chi connectivity index (χ2v) is 5.96. The highest BCUT2D eigenvalue weighted by Gasteiger charge is 2.18. The normalized spacial score (nSPS) is 12.7. The SMILES string of the molecule is CCC(O)c1c(Cc2ccc(C)cc2)nc2cc(C)ccn12. The van der Waals surface area contributed by atoms with Gasteiger partial charge in [0.2, 0.25) is 0 Å². The summed E-state index contributed by atoms with van der Waals surface area (Å²) in [6.45, 7) is 6.14. The number of aromatic nitrogens is 2. The van der Waals surface area contributed by atoms with Crippen LogP contribution in [0.15, 0.2) is 42.6 Å². The first-order valence-electron chi connectivity index (χ1n) is 7.79. The first-order chi connectivity index (χ1) is 10.6. The van der Waals surface area contributed by atoms with Crippen molar-refractivity contribution in [2.45, 2.75) is 39.7 Å². The second kappa shape index (κ2) is 5.93. The molecule has 3 rings (SSSR count). The molecule has 2 heterocycles. The lowest BCUT2D eigenvalue weighted by Crippen LogP contribution is -2.04. The number of benzene rings is 1. The van der Waals surface area contributed by atoms with E-state index in [-0.39, 0.29) is 0 Å². The highest BCUT2D eigenvalue weighted by atomic mass is 16.3. The number of fused-ring (bicyclic) bond motifs is 1. The lowest BCUT2D eigenvalue weighted by atomic mass is 10.0. The number of nitrogens with zero attached hydrogens (tertiary/aromatic N) is 2. The maximum Gasteiger partial charge on any atom is 0.137 e. The Hall–Kier alpha value is -2.13. The third-order valence-electron chi connectivity index (χ3n) is 4.09. The number of hydrogen-bond donors (Lipinski definition) is 1. The molecule has 3 nitrogen and oxygen atoms in total. The standard InChI is InChI=1S/C19H22N2O/c1-4-17(22)19-16(12-15-7-5-13(2)6-8-15)20-18-11-14(3)9-10-21(18)19/h5-11,17,22H,4,12H2,1-3H3. The van der Waals surface area contributed by atoms with Crippen LogP contribution < -0.4 is 0 Å². The summed E-state index contributed by atoms with van der Waals surface area (Å²) in [4.78, 5) is 4.76. The van der Waals surface area contributed by atoms with Crippen molar-refractivity contribution in [3.05, 3.63) is 70.7 Å². The molecule has 22 heavy (non-hydrogen) atoms. The number of aliphatic hydroxyl groups excluding tert-OH is 1. The van der Waals surface area contributed by atoms with E-state index in [2.05, 4.69) is 50.2 Å². The molecule has 0 aliphatic heterocycles. The Morgan fingerprint density at radius 2 is 1.82 bits per heavy atom. The van der Waals surface area contributed by atoms with Gasteiger partial charge < -0.3 is 9.51 Å². The Balaban J connectivity index is 2.08. The van der Waals surface area contributed by atoms with Gasteiger partial charge in [-0.1, -0.05) is 36.8 Å². The van der Waals surface area contributed by atoms with E-state index in [9.17, 15) is 5.11 Å². The summed E-state index contributed by atoms with van der Waals surface area (Å²) in [7, 11) is 0. The molecular formula is C19H22N2O. The average Bonchev–Trinajstić information content (AvgIpc) is 2.85. The minimum Gasteiger partial charge on any atom is -0.387 e. The Labute approximate surface area is 131 Å². The van der Waals surface area contributed by atoms with E-state index in [1.807, 2.05) is 17.5 Å². The summed E-state index contributed by atoms with van der Waals surface area (Å²) >= 11 is 0. The molecule has 3 aromatic rings. The summed E-state index contributed by atoms with van der Waals surface area (Å²) in [5.41, 5.74) is 6.43. The molecule has 0 radical (unpaired) electrons. The third-order valence-corrected chi connectivity index (χ3v) is 4.09. The van der Waals surface area contributed by atoms with Crippen LogP contribution in [0.5, 0.6) is 0 Å². The lowest BCUT2D eigenvalue weighted by Gasteiger charge is -2.11. The molecular weight excluding hydrogens is 272 g/mol. The Morgan fingerprint density at radius 3 is 2.50 bits per heavy atom. The van der Waals surface area contributed by atoms with Crippen molar-refractivity contribution in [2.75, 3.05) is 0 Å². The van der Waals surface area contributed by atoms with Gasteiger partial charge in [-0.2, -0.15) is 0 Å². The topological polar surface area (TPSA) is 37.5 Å². The number of hydrogen-bond acceptors (Lipinski definition) is 2. The van der Waals surface area contributed by atoms with Crippen LogP contribution in [0.25, 0.3) is 5.65 Å². The van der Waals surface area contributed by atoms with E-state index >= 15 is 0 Å². The van der Waals surface area contributed by atoms with Crippen molar-refractivity contribution in [3.63, 3.8) is 0 Å². The van der Waals surface area contributed by atoms with Crippen LogP contribution in [0, 0.1) is 13.8 Å². The molecule has 0 aliphatic carbocycles. The Morgan fingerprint density at radius 1 is 1.09 bits per heavy atom. The molecule has 0 bridgehead atoms. The first kappa shape index (κ1) is 14.8. The molecule has 0 aliphatic rings. The van der Waals surface area contributed by atoms with E-state index in [4.69, 9.17) is 4.98 Å². The number of aliphatic hydroxyl groups is 1. The van der Waals surface area contributed by atoms with Gasteiger partial charge in [-0.05, 0) is 43.5 Å². The summed E-state index contributed by atoms with van der Waals surface area (Å²) in [5, 5.41) is 10.4. The van der Waals surface area contributed by atoms with E-state index < -0.39 is 6.10 Å². The molecule has 0 amide bonds. The maximum atomic E-state index is 10.4. The van der Waals surface area contributed by atoms with Crippen LogP contribution in [0.4, 0.5) is 0 Å². The quantitative estimate of drug-likeness (QED) is 0.790. The zero-order valence-electron chi connectivity index (χ0n) is 13.4. The van der Waals surface area contributed by atoms with Gasteiger partial charge >= 0.3 is 0 Å². The molecule has 1 N–H and O–H groups in total. The summed E-state index contributed by atoms with van der Waals surface area (Å²) < 4.78 is 2.02. The largest absolute Gasteiger partial charge is 0.387 e. The molecule has 0 saturated carbocycles. The summed E-state index contributed by atoms with van der Waals surface area (Å²) in [6.07, 6.45) is 2.94. The van der Waals surface area contributed by atoms with Crippen LogP contribution in [-0.2, 0) is 6.42 Å². The van der Waals surface area contributed by atoms with Gasteiger partial charge in [-0.15, -0.1) is 0 Å². The summed E-state index contributed by atoms with van der Waals surface area (Å²) in [5.74, 6) is 0. The minimum absolute atomic E-state index is 0.488. The van der Waals surface area contributed by atoms with Gasteiger partial charge in [-0.25, -0.2) is 4.98 Å². The van der Waals surface area contributed by atoms with E-state index in [0.29, 0.717) is 6.42 Å². The molecule has 2 aromatic heterocycles. The van der Waals surface area contributed by atoms with Crippen molar-refractivity contribution < 1.29 is 5.11 Å². The van der Waals surface area contributed by atoms with Gasteiger partial charge in [0.15, 0.2) is 0 Å². The highest BCUT2D eigenvalue weighted by Crippen LogP contribution is 2.25. The zero-order valence-corrected chi connectivity index (χ0v) is 13.4. The highest BCUT2D eigenvalue weighted by molar-refractivity contribution is 5.47. The molecule has 1 unspecified atom stereocenters. The predicted molar refractivity (Wildman–Crippen MR) is 89.2 cm³/mol. The maximum absolute atomic E-state index is 10.4. The van der Waals surface area contributed by atoms with Crippen LogP contribution in [-0.4, -0.2) is 14.5 Å². The molecule has 3 heteroatoms. The van der Waals surface area contributed by atoms with E-state index in [1.165, 1.54) is 16.7 Å². The fourth-order valence-corrected chi connectivity index (χ4v) is 2.79. The average molecular weight is 294 g/mol. The third kappa shape index (κ3) is 2.77. The Kier molecular flexibility index (Phi) is 3.99. The molecule has 114 valence electrons. The van der Waals surface area contributed by atoms with Gasteiger partial charge in [-0.3, -0.25) is 0 Å². The first-order valence-corrected chi connectivity index (χ1v) is 7.79. The number of aryl methyl sites for hydroxylation is 2. The van der Waals surface area contributed by atoms with Gasteiger partial charge in [0.1, 0.15) is 5.65 Å². The van der Waals surface area contributed by atoms with E-state index in [0.717, 1.165) is 23.5 Å². The predicted octanol–water partition coefficient (Wildman–Crippen LogP) is 3.99. The van der Waals surface area contributed by atoms with Gasteiger partial charge in [0.05, 0.1) is 17.5 Å². The number of pyridine rings is 1. The fraction of sp³-hybridized carbons (Fsp3) is 0.316. The minimum atomic E-state index is -0.488. The van der Waals surface area contributed by atoms with Crippen LogP contribution >= 0.6 is 0 Å². The summed E-state index contributed by atoms with van der Waals surface area (Å²) in [6, 6.07) is 12.6. The Bertz CT molecular complexity index is 787. The monoisotopic (exact) mass is 294 g/mol. The van der Waals surface area contributed by atoms with E-state index in [1.54, 1.807) is 0 Å². The van der Waals surface area contributed by atoms with Crippen molar-refractivity contribution in [3.8, 4) is 0 Å². The second-order valence-electron chi connectivity index (χ2n) is 5.96. The van der Waals surface area contributed by atoms with Crippen LogP contribution in [0.1, 0.15) is 47.5 Å². The lowest BCUT2D eigenvalue weighted by molar-refractivity contribution is 0.167. The van der Waals surface area contributed by atoms with Crippen LogP contribution in [0.3, 0.4) is 0 Å². The molecule has 0 saturated heterocycles. The number of rotatable bonds is 4. The fourth-order valence-electron chi connectivity index (χ4n) is 2.79. The van der Waals surface area contributed by atoms with Crippen molar-refractivity contribution in [1.82, 2.24) is 9.38 Å². The van der Waals surface area contributed by atoms with Crippen molar-refractivity contribution in [1.29, 1.82) is 0 Å². The van der Waals surface area contributed by atoms with Gasteiger partial charge in [0, 0.05) is 12.6 Å². The zero-order chi connectivity index (χ0) is 15.7. The van der Waals surface area contributed by atoms with Crippen molar-refractivity contribution >= 4 is 5.65 Å². The van der Waals surface area contributed by atoms with Crippen molar-refractivity contribution in [2.24, 2.45) is 0 Å².